The molecule has 1 aliphatic rings. The highest BCUT2D eigenvalue weighted by Gasteiger charge is 2.11. The third kappa shape index (κ3) is 3.44. The fourth-order valence-corrected chi connectivity index (χ4v) is 2.69. The van der Waals surface area contributed by atoms with Gasteiger partial charge in [-0.25, -0.2) is 0 Å². The molecule has 1 heterocycles. The van der Waals surface area contributed by atoms with E-state index in [-0.39, 0.29) is 0 Å². The number of nitrogens with one attached hydrogen (secondary N) is 1. The van der Waals surface area contributed by atoms with Crippen molar-refractivity contribution in [3.8, 4) is 0 Å². The van der Waals surface area contributed by atoms with Crippen LogP contribution in [0, 0.1) is 0 Å². The topological polar surface area (TPSA) is 15.3 Å². The third-order valence-corrected chi connectivity index (χ3v) is 3.63. The standard InChI is InChI=1S/C14H21ClN2/c1-11(2)13-4-3-12(9-14(13)15)10-17-7-5-16-6-8-17/h3-4,9,11,16H,5-8,10H2,1-2H3. The average Bonchev–Trinajstić information content (AvgIpc) is 2.30. The lowest BCUT2D eigenvalue weighted by Crippen LogP contribution is -2.42. The molecule has 17 heavy (non-hydrogen) atoms. The molecule has 3 heteroatoms. The Bertz CT molecular complexity index is 370. The van der Waals surface area contributed by atoms with Gasteiger partial charge in [-0.05, 0) is 23.1 Å². The second-order valence-electron chi connectivity index (χ2n) is 5.04. The first-order valence-electron chi connectivity index (χ1n) is 6.38. The van der Waals surface area contributed by atoms with Crippen LogP contribution in [-0.4, -0.2) is 31.1 Å². The molecule has 0 aromatic heterocycles. The molecule has 0 saturated carbocycles. The molecule has 0 radical (unpaired) electrons. The number of hydrogen-bond acceptors (Lipinski definition) is 2. The van der Waals surface area contributed by atoms with Gasteiger partial charge in [0.15, 0.2) is 0 Å². The van der Waals surface area contributed by atoms with Crippen molar-refractivity contribution < 1.29 is 0 Å². The number of rotatable bonds is 3. The Morgan fingerprint density at radius 1 is 1.29 bits per heavy atom. The fourth-order valence-electron chi connectivity index (χ4n) is 2.26. The summed E-state index contributed by atoms with van der Waals surface area (Å²) in [5.41, 5.74) is 2.57. The highest BCUT2D eigenvalue weighted by molar-refractivity contribution is 6.31. The summed E-state index contributed by atoms with van der Waals surface area (Å²) in [6.07, 6.45) is 0. The van der Waals surface area contributed by atoms with Crippen molar-refractivity contribution >= 4 is 11.6 Å². The van der Waals surface area contributed by atoms with Crippen LogP contribution in [-0.2, 0) is 6.54 Å². The van der Waals surface area contributed by atoms with Crippen molar-refractivity contribution in [2.24, 2.45) is 0 Å². The van der Waals surface area contributed by atoms with Crippen molar-refractivity contribution in [3.63, 3.8) is 0 Å². The van der Waals surface area contributed by atoms with Crippen molar-refractivity contribution in [1.29, 1.82) is 0 Å². The summed E-state index contributed by atoms with van der Waals surface area (Å²) < 4.78 is 0. The van der Waals surface area contributed by atoms with Crippen LogP contribution in [0.25, 0.3) is 0 Å². The van der Waals surface area contributed by atoms with E-state index < -0.39 is 0 Å². The molecular weight excluding hydrogens is 232 g/mol. The highest BCUT2D eigenvalue weighted by Crippen LogP contribution is 2.25. The van der Waals surface area contributed by atoms with Gasteiger partial charge in [0.2, 0.25) is 0 Å². The van der Waals surface area contributed by atoms with E-state index in [0.717, 1.165) is 37.7 Å². The molecule has 1 aromatic carbocycles. The minimum Gasteiger partial charge on any atom is -0.314 e. The van der Waals surface area contributed by atoms with Crippen molar-refractivity contribution in [3.05, 3.63) is 34.3 Å². The minimum absolute atomic E-state index is 0.496. The van der Waals surface area contributed by atoms with E-state index in [9.17, 15) is 0 Å². The molecule has 1 aliphatic heterocycles. The average molecular weight is 253 g/mol. The van der Waals surface area contributed by atoms with Gasteiger partial charge in [-0.3, -0.25) is 4.90 Å². The van der Waals surface area contributed by atoms with E-state index in [1.807, 2.05) is 0 Å². The van der Waals surface area contributed by atoms with Crippen LogP contribution in [0.5, 0.6) is 0 Å². The first-order chi connectivity index (χ1) is 8.16. The maximum atomic E-state index is 6.31. The van der Waals surface area contributed by atoms with E-state index in [4.69, 9.17) is 11.6 Å². The van der Waals surface area contributed by atoms with Crippen LogP contribution >= 0.6 is 11.6 Å². The maximum Gasteiger partial charge on any atom is 0.0443 e. The number of hydrogen-bond donors (Lipinski definition) is 1. The van der Waals surface area contributed by atoms with Gasteiger partial charge in [-0.15, -0.1) is 0 Å². The van der Waals surface area contributed by atoms with Crippen molar-refractivity contribution in [1.82, 2.24) is 10.2 Å². The molecule has 0 atom stereocenters. The molecule has 0 unspecified atom stereocenters. The molecule has 94 valence electrons. The van der Waals surface area contributed by atoms with Crippen LogP contribution in [0.1, 0.15) is 30.9 Å². The largest absolute Gasteiger partial charge is 0.314 e. The summed E-state index contributed by atoms with van der Waals surface area (Å²) in [5, 5.41) is 4.28. The SMILES string of the molecule is CC(C)c1ccc(CN2CCNCC2)cc1Cl. The van der Waals surface area contributed by atoms with Gasteiger partial charge >= 0.3 is 0 Å². The van der Waals surface area contributed by atoms with Crippen LogP contribution < -0.4 is 5.32 Å². The van der Waals surface area contributed by atoms with Gasteiger partial charge in [-0.2, -0.15) is 0 Å². The molecule has 1 aromatic rings. The van der Waals surface area contributed by atoms with Gasteiger partial charge in [0.05, 0.1) is 0 Å². The molecule has 0 spiro atoms. The lowest BCUT2D eigenvalue weighted by molar-refractivity contribution is 0.233. The smallest absolute Gasteiger partial charge is 0.0443 e. The van der Waals surface area contributed by atoms with Crippen LogP contribution in [0.3, 0.4) is 0 Å². The van der Waals surface area contributed by atoms with Gasteiger partial charge in [-0.1, -0.05) is 37.6 Å². The molecule has 1 N–H and O–H groups in total. The van der Waals surface area contributed by atoms with Crippen molar-refractivity contribution in [2.75, 3.05) is 26.2 Å². The quantitative estimate of drug-likeness (QED) is 0.890. The normalized spacial score (nSPS) is 17.6. The lowest BCUT2D eigenvalue weighted by Gasteiger charge is -2.27. The number of benzene rings is 1. The van der Waals surface area contributed by atoms with Gasteiger partial charge in [0.1, 0.15) is 0 Å². The molecule has 2 nitrogen and oxygen atoms in total. The van der Waals surface area contributed by atoms with E-state index in [0.29, 0.717) is 5.92 Å². The number of halogens is 1. The summed E-state index contributed by atoms with van der Waals surface area (Å²) in [6.45, 7) is 9.82. The zero-order chi connectivity index (χ0) is 12.3. The molecule has 0 aliphatic carbocycles. The van der Waals surface area contributed by atoms with Crippen molar-refractivity contribution in [2.45, 2.75) is 26.3 Å². The Hall–Kier alpha value is -0.570. The molecule has 2 rings (SSSR count). The third-order valence-electron chi connectivity index (χ3n) is 3.30. The summed E-state index contributed by atoms with van der Waals surface area (Å²) in [5.74, 6) is 0.496. The first kappa shape index (κ1) is 12.9. The Labute approximate surface area is 109 Å². The first-order valence-corrected chi connectivity index (χ1v) is 6.76. The molecule has 0 bridgehead atoms. The van der Waals surface area contributed by atoms with Gasteiger partial charge in [0, 0.05) is 37.7 Å². The summed E-state index contributed by atoms with van der Waals surface area (Å²) in [6, 6.07) is 6.51. The minimum atomic E-state index is 0.496. The Morgan fingerprint density at radius 2 is 2.00 bits per heavy atom. The predicted octanol–water partition coefficient (Wildman–Crippen LogP) is 2.87. The summed E-state index contributed by atoms with van der Waals surface area (Å²) >= 11 is 6.31. The van der Waals surface area contributed by atoms with Crippen LogP contribution in [0.15, 0.2) is 18.2 Å². The maximum absolute atomic E-state index is 6.31. The van der Waals surface area contributed by atoms with E-state index in [1.165, 1.54) is 11.1 Å². The van der Waals surface area contributed by atoms with Gasteiger partial charge in [0.25, 0.3) is 0 Å². The second-order valence-corrected chi connectivity index (χ2v) is 5.44. The lowest BCUT2D eigenvalue weighted by atomic mass is 10.0. The predicted molar refractivity (Wildman–Crippen MR) is 73.7 cm³/mol. The molecule has 1 saturated heterocycles. The van der Waals surface area contributed by atoms with E-state index in [1.54, 1.807) is 0 Å². The Morgan fingerprint density at radius 3 is 2.59 bits per heavy atom. The zero-order valence-corrected chi connectivity index (χ0v) is 11.4. The van der Waals surface area contributed by atoms with Gasteiger partial charge < -0.3 is 5.32 Å². The Balaban J connectivity index is 2.04. The highest BCUT2D eigenvalue weighted by atomic mass is 35.5. The molecule has 0 amide bonds. The monoisotopic (exact) mass is 252 g/mol. The summed E-state index contributed by atoms with van der Waals surface area (Å²) in [4.78, 5) is 2.47. The van der Waals surface area contributed by atoms with E-state index >= 15 is 0 Å². The molecule has 1 fully saturated rings. The zero-order valence-electron chi connectivity index (χ0n) is 10.7. The fraction of sp³-hybridized carbons (Fsp3) is 0.571. The summed E-state index contributed by atoms with van der Waals surface area (Å²) in [7, 11) is 0. The number of piperazine rings is 1. The van der Waals surface area contributed by atoms with Crippen LogP contribution in [0.4, 0.5) is 0 Å². The van der Waals surface area contributed by atoms with E-state index in [2.05, 4.69) is 42.3 Å². The molecular formula is C14H21ClN2. The number of nitrogens with zero attached hydrogens (tertiary/aromatic N) is 1. The van der Waals surface area contributed by atoms with Crippen LogP contribution in [0.2, 0.25) is 5.02 Å². The Kier molecular flexibility index (Phi) is 4.43. The second kappa shape index (κ2) is 5.85.